The minimum absolute atomic E-state index is 0.0916. The van der Waals surface area contributed by atoms with E-state index < -0.39 is 0 Å². The van der Waals surface area contributed by atoms with Crippen LogP contribution >= 0.6 is 0 Å². The van der Waals surface area contributed by atoms with E-state index in [2.05, 4.69) is 6.92 Å². The van der Waals surface area contributed by atoms with E-state index in [0.29, 0.717) is 5.92 Å². The third-order valence-electron chi connectivity index (χ3n) is 2.43. The summed E-state index contributed by atoms with van der Waals surface area (Å²) in [7, 11) is 0. The van der Waals surface area contributed by atoms with E-state index in [9.17, 15) is 9.59 Å². The fraction of sp³-hybridized carbons (Fsp3) is 0.778. The quantitative estimate of drug-likeness (QED) is 0.423. The maximum atomic E-state index is 11.3. The number of rotatable bonds is 1. The fourth-order valence-electron chi connectivity index (χ4n) is 1.85. The molecule has 0 radical (unpaired) electrons. The van der Waals surface area contributed by atoms with Gasteiger partial charge in [0.15, 0.2) is 0 Å². The average Bonchev–Trinajstić information content (AvgIpc) is 1.96. The second-order valence-electron chi connectivity index (χ2n) is 3.62. The summed E-state index contributed by atoms with van der Waals surface area (Å²) in [6.07, 6.45) is 2.50. The molecule has 0 spiro atoms. The molecule has 2 heteroatoms. The first-order valence-corrected chi connectivity index (χ1v) is 4.14. The van der Waals surface area contributed by atoms with Crippen LogP contribution < -0.4 is 0 Å². The van der Waals surface area contributed by atoms with Gasteiger partial charge in [-0.05, 0) is 18.8 Å². The first-order valence-electron chi connectivity index (χ1n) is 4.14. The summed E-state index contributed by atoms with van der Waals surface area (Å²) < 4.78 is 0. The van der Waals surface area contributed by atoms with Crippen molar-refractivity contribution in [2.24, 2.45) is 17.8 Å². The lowest BCUT2D eigenvalue weighted by molar-refractivity contribution is -0.133. The Balaban J connectivity index is 2.66. The molecule has 1 fully saturated rings. The summed E-state index contributed by atoms with van der Waals surface area (Å²) in [5.74, 6) is 0.443. The van der Waals surface area contributed by atoms with E-state index in [4.69, 9.17) is 0 Å². The number of Topliss-reactive ketones (excluding diaryl/α,β-unsaturated/α-hetero) is 1. The molecule has 3 atom stereocenters. The minimum atomic E-state index is -0.311. The standard InChI is InChI=1S/C9H14O2/c1-6-3-7(2)9(11)8(4-6)5-10/h5-8H,3-4H2,1-2H3. The number of ketones is 1. The highest BCUT2D eigenvalue weighted by atomic mass is 16.1. The zero-order valence-electron chi connectivity index (χ0n) is 7.04. The van der Waals surface area contributed by atoms with Crippen LogP contribution in [0.1, 0.15) is 26.7 Å². The average molecular weight is 154 g/mol. The van der Waals surface area contributed by atoms with Gasteiger partial charge in [0.25, 0.3) is 0 Å². The van der Waals surface area contributed by atoms with Gasteiger partial charge in [-0.15, -0.1) is 0 Å². The van der Waals surface area contributed by atoms with Crippen molar-refractivity contribution < 1.29 is 9.59 Å². The molecule has 0 saturated heterocycles. The van der Waals surface area contributed by atoms with Crippen molar-refractivity contribution in [3.63, 3.8) is 0 Å². The van der Waals surface area contributed by atoms with Crippen LogP contribution in [0.25, 0.3) is 0 Å². The van der Waals surface area contributed by atoms with Crippen LogP contribution in [0.2, 0.25) is 0 Å². The van der Waals surface area contributed by atoms with E-state index in [1.807, 2.05) is 6.92 Å². The topological polar surface area (TPSA) is 34.1 Å². The maximum Gasteiger partial charge on any atom is 0.145 e. The monoisotopic (exact) mass is 154 g/mol. The zero-order chi connectivity index (χ0) is 8.43. The van der Waals surface area contributed by atoms with Gasteiger partial charge in [0.05, 0.1) is 5.92 Å². The second kappa shape index (κ2) is 3.16. The van der Waals surface area contributed by atoms with Crippen LogP contribution in [0.5, 0.6) is 0 Å². The third kappa shape index (κ3) is 1.67. The lowest BCUT2D eigenvalue weighted by atomic mass is 9.76. The molecule has 1 saturated carbocycles. The van der Waals surface area contributed by atoms with Gasteiger partial charge in [-0.2, -0.15) is 0 Å². The second-order valence-corrected chi connectivity index (χ2v) is 3.62. The van der Waals surface area contributed by atoms with Crippen LogP contribution in [0.3, 0.4) is 0 Å². The first kappa shape index (κ1) is 8.44. The molecular formula is C9H14O2. The molecule has 0 aromatic heterocycles. The van der Waals surface area contributed by atoms with Crippen LogP contribution in [-0.2, 0) is 9.59 Å². The Labute approximate surface area is 67.0 Å². The van der Waals surface area contributed by atoms with E-state index in [1.54, 1.807) is 0 Å². The zero-order valence-corrected chi connectivity index (χ0v) is 7.04. The van der Waals surface area contributed by atoms with Crippen molar-refractivity contribution in [3.05, 3.63) is 0 Å². The summed E-state index contributed by atoms with van der Waals surface area (Å²) in [4.78, 5) is 21.7. The van der Waals surface area contributed by atoms with Crippen molar-refractivity contribution >= 4 is 12.1 Å². The van der Waals surface area contributed by atoms with Crippen LogP contribution in [0.4, 0.5) is 0 Å². The molecule has 3 unspecified atom stereocenters. The summed E-state index contributed by atoms with van der Waals surface area (Å²) in [6, 6.07) is 0. The molecule has 11 heavy (non-hydrogen) atoms. The first-order chi connectivity index (χ1) is 5.15. The van der Waals surface area contributed by atoms with Gasteiger partial charge in [0.1, 0.15) is 12.1 Å². The molecule has 2 nitrogen and oxygen atoms in total. The summed E-state index contributed by atoms with van der Waals surface area (Å²) in [6.45, 7) is 4.01. The van der Waals surface area contributed by atoms with Crippen molar-refractivity contribution in [3.8, 4) is 0 Å². The molecule has 0 bridgehead atoms. The Kier molecular flexibility index (Phi) is 2.42. The van der Waals surface area contributed by atoms with E-state index in [-0.39, 0.29) is 17.6 Å². The van der Waals surface area contributed by atoms with Crippen LogP contribution in [0.15, 0.2) is 0 Å². The number of carbonyl (C=O) groups is 2. The van der Waals surface area contributed by atoms with Gasteiger partial charge in [-0.3, -0.25) is 4.79 Å². The number of hydrogen-bond acceptors (Lipinski definition) is 2. The number of carbonyl (C=O) groups excluding carboxylic acids is 2. The molecular weight excluding hydrogens is 140 g/mol. The molecule has 0 aromatic carbocycles. The minimum Gasteiger partial charge on any atom is -0.303 e. The van der Waals surface area contributed by atoms with Gasteiger partial charge in [0.2, 0.25) is 0 Å². The Morgan fingerprint density at radius 3 is 2.55 bits per heavy atom. The highest BCUT2D eigenvalue weighted by Crippen LogP contribution is 2.28. The lowest BCUT2D eigenvalue weighted by Gasteiger charge is -2.26. The molecule has 0 aromatic rings. The summed E-state index contributed by atoms with van der Waals surface area (Å²) in [5.41, 5.74) is 0. The predicted molar refractivity (Wildman–Crippen MR) is 42.1 cm³/mol. The highest BCUT2D eigenvalue weighted by Gasteiger charge is 2.31. The molecule has 1 aliphatic rings. The van der Waals surface area contributed by atoms with Crippen LogP contribution in [0, 0.1) is 17.8 Å². The molecule has 1 aliphatic carbocycles. The predicted octanol–water partition coefficient (Wildman–Crippen LogP) is 1.44. The lowest BCUT2D eigenvalue weighted by Crippen LogP contribution is -2.31. The van der Waals surface area contributed by atoms with E-state index >= 15 is 0 Å². The Bertz CT molecular complexity index is 174. The smallest absolute Gasteiger partial charge is 0.145 e. The molecule has 62 valence electrons. The molecule has 0 amide bonds. The van der Waals surface area contributed by atoms with E-state index in [1.165, 1.54) is 0 Å². The Morgan fingerprint density at radius 1 is 1.36 bits per heavy atom. The largest absolute Gasteiger partial charge is 0.303 e. The normalized spacial score (nSPS) is 38.7. The van der Waals surface area contributed by atoms with Gasteiger partial charge < -0.3 is 4.79 Å². The van der Waals surface area contributed by atoms with Crippen molar-refractivity contribution in [1.29, 1.82) is 0 Å². The number of hydrogen-bond donors (Lipinski definition) is 0. The molecule has 0 heterocycles. The Morgan fingerprint density at radius 2 is 2.00 bits per heavy atom. The van der Waals surface area contributed by atoms with Gasteiger partial charge in [-0.25, -0.2) is 0 Å². The SMILES string of the molecule is CC1CC(C)C(=O)C(C=O)C1. The molecule has 0 aliphatic heterocycles. The Hall–Kier alpha value is -0.660. The van der Waals surface area contributed by atoms with Crippen molar-refractivity contribution in [2.45, 2.75) is 26.7 Å². The fourth-order valence-corrected chi connectivity index (χ4v) is 1.85. The van der Waals surface area contributed by atoms with Gasteiger partial charge >= 0.3 is 0 Å². The summed E-state index contributed by atoms with van der Waals surface area (Å²) >= 11 is 0. The maximum absolute atomic E-state index is 11.3. The number of aldehydes is 1. The molecule has 1 rings (SSSR count). The molecule has 0 N–H and O–H groups in total. The van der Waals surface area contributed by atoms with Gasteiger partial charge in [-0.1, -0.05) is 13.8 Å². The van der Waals surface area contributed by atoms with Crippen LogP contribution in [-0.4, -0.2) is 12.1 Å². The van der Waals surface area contributed by atoms with Crippen molar-refractivity contribution in [1.82, 2.24) is 0 Å². The highest BCUT2D eigenvalue weighted by molar-refractivity contribution is 5.95. The van der Waals surface area contributed by atoms with E-state index in [0.717, 1.165) is 19.1 Å². The third-order valence-corrected chi connectivity index (χ3v) is 2.43. The summed E-state index contributed by atoms with van der Waals surface area (Å²) in [5, 5.41) is 0. The van der Waals surface area contributed by atoms with Gasteiger partial charge in [0, 0.05) is 5.92 Å². The van der Waals surface area contributed by atoms with Crippen molar-refractivity contribution in [2.75, 3.05) is 0 Å².